The molecular formula is C16H12Cl2F3N3O2S. The molecule has 1 aliphatic rings. The Morgan fingerprint density at radius 3 is 2.70 bits per heavy atom. The fraction of sp³-hybridized carbons (Fsp3) is 0.312. The highest BCUT2D eigenvalue weighted by Crippen LogP contribution is 2.32. The minimum atomic E-state index is -4.59. The van der Waals surface area contributed by atoms with Crippen LogP contribution in [0.2, 0.25) is 10.0 Å². The lowest BCUT2D eigenvalue weighted by atomic mass is 10.1. The smallest absolute Gasteiger partial charge is 0.327 e. The predicted molar refractivity (Wildman–Crippen MR) is 96.3 cm³/mol. The zero-order valence-corrected chi connectivity index (χ0v) is 15.8. The van der Waals surface area contributed by atoms with Crippen molar-refractivity contribution in [3.63, 3.8) is 0 Å². The summed E-state index contributed by atoms with van der Waals surface area (Å²) in [7, 11) is 0. The number of carbonyl (C=O) groups excluding carboxylic acids is 2. The molecule has 1 atom stereocenters. The lowest BCUT2D eigenvalue weighted by Gasteiger charge is -2.24. The van der Waals surface area contributed by atoms with Crippen LogP contribution in [0.3, 0.4) is 0 Å². The van der Waals surface area contributed by atoms with E-state index in [2.05, 4.69) is 10.3 Å². The van der Waals surface area contributed by atoms with Crippen LogP contribution in [0.4, 0.5) is 18.3 Å². The minimum Gasteiger partial charge on any atom is -0.327 e. The van der Waals surface area contributed by atoms with Gasteiger partial charge in [-0.3, -0.25) is 9.59 Å². The van der Waals surface area contributed by atoms with E-state index < -0.39 is 29.7 Å². The number of alkyl halides is 3. The number of likely N-dealkylation sites (tertiary alicyclic amines) is 1. The Kier molecular flexibility index (Phi) is 5.64. The largest absolute Gasteiger partial charge is 0.434 e. The molecule has 0 bridgehead atoms. The molecule has 1 aromatic heterocycles. The molecule has 2 heterocycles. The maximum atomic E-state index is 12.8. The molecule has 144 valence electrons. The number of benzene rings is 1. The van der Waals surface area contributed by atoms with E-state index in [0.717, 1.165) is 5.38 Å². The molecule has 0 radical (unpaired) electrons. The zero-order valence-electron chi connectivity index (χ0n) is 13.5. The zero-order chi connectivity index (χ0) is 19.8. The van der Waals surface area contributed by atoms with Crippen LogP contribution in [0, 0.1) is 0 Å². The van der Waals surface area contributed by atoms with Crippen molar-refractivity contribution in [1.29, 1.82) is 0 Å². The summed E-state index contributed by atoms with van der Waals surface area (Å²) in [6, 6.07) is 3.60. The summed E-state index contributed by atoms with van der Waals surface area (Å²) in [6.45, 7) is 0.325. The summed E-state index contributed by atoms with van der Waals surface area (Å²) in [6.07, 6.45) is -3.63. The summed E-state index contributed by atoms with van der Waals surface area (Å²) >= 11 is 12.6. The number of hydrogen-bond donors (Lipinski definition) is 1. The van der Waals surface area contributed by atoms with Crippen molar-refractivity contribution in [3.8, 4) is 0 Å². The first kappa shape index (κ1) is 19.9. The van der Waals surface area contributed by atoms with Gasteiger partial charge < -0.3 is 10.2 Å². The van der Waals surface area contributed by atoms with Crippen molar-refractivity contribution in [2.75, 3.05) is 11.9 Å². The first-order chi connectivity index (χ1) is 12.7. The number of anilines is 1. The van der Waals surface area contributed by atoms with Crippen molar-refractivity contribution in [3.05, 3.63) is 44.9 Å². The van der Waals surface area contributed by atoms with Crippen LogP contribution in [-0.2, 0) is 11.0 Å². The van der Waals surface area contributed by atoms with E-state index in [1.165, 1.54) is 23.1 Å². The Morgan fingerprint density at radius 2 is 2.04 bits per heavy atom. The van der Waals surface area contributed by atoms with Gasteiger partial charge in [0.15, 0.2) is 10.8 Å². The highest BCUT2D eigenvalue weighted by atomic mass is 35.5. The summed E-state index contributed by atoms with van der Waals surface area (Å²) in [5.74, 6) is -1.06. The molecule has 1 aliphatic heterocycles. The van der Waals surface area contributed by atoms with E-state index in [1.54, 1.807) is 0 Å². The summed E-state index contributed by atoms with van der Waals surface area (Å²) in [4.78, 5) is 30.0. The fourth-order valence-corrected chi connectivity index (χ4v) is 3.84. The van der Waals surface area contributed by atoms with E-state index in [9.17, 15) is 22.8 Å². The van der Waals surface area contributed by atoms with Gasteiger partial charge in [-0.1, -0.05) is 23.2 Å². The number of nitrogens with one attached hydrogen (secondary N) is 1. The molecule has 5 nitrogen and oxygen atoms in total. The first-order valence-electron chi connectivity index (χ1n) is 7.76. The van der Waals surface area contributed by atoms with Gasteiger partial charge in [-0.2, -0.15) is 13.2 Å². The lowest BCUT2D eigenvalue weighted by Crippen LogP contribution is -2.43. The van der Waals surface area contributed by atoms with Crippen LogP contribution >= 0.6 is 34.5 Å². The van der Waals surface area contributed by atoms with E-state index in [4.69, 9.17) is 23.2 Å². The van der Waals surface area contributed by atoms with Crippen molar-refractivity contribution in [2.24, 2.45) is 0 Å². The van der Waals surface area contributed by atoms with Crippen molar-refractivity contribution in [1.82, 2.24) is 9.88 Å². The lowest BCUT2D eigenvalue weighted by molar-refractivity contribution is -0.140. The summed E-state index contributed by atoms with van der Waals surface area (Å²) < 4.78 is 37.9. The monoisotopic (exact) mass is 437 g/mol. The molecule has 1 aromatic carbocycles. The highest BCUT2D eigenvalue weighted by Gasteiger charge is 2.37. The molecule has 1 N–H and O–H groups in total. The SMILES string of the molecule is O=C(Nc1nc(C(F)(F)F)cs1)C1CCCN1C(=O)c1cc(Cl)ccc1Cl. The molecule has 1 saturated heterocycles. The quantitative estimate of drug-likeness (QED) is 0.755. The number of aromatic nitrogens is 1. The third kappa shape index (κ3) is 4.36. The normalized spacial score (nSPS) is 17.2. The second kappa shape index (κ2) is 7.65. The number of nitrogens with zero attached hydrogens (tertiary/aromatic N) is 2. The summed E-state index contributed by atoms with van der Waals surface area (Å²) in [5, 5.41) is 3.52. The highest BCUT2D eigenvalue weighted by molar-refractivity contribution is 7.13. The Labute approximate surface area is 166 Å². The Bertz CT molecular complexity index is 888. The molecule has 1 fully saturated rings. The average molecular weight is 438 g/mol. The number of halogens is 5. The molecule has 0 saturated carbocycles. The molecule has 3 rings (SSSR count). The van der Waals surface area contributed by atoms with Crippen LogP contribution in [-0.4, -0.2) is 34.3 Å². The van der Waals surface area contributed by atoms with Gasteiger partial charge in [-0.25, -0.2) is 4.98 Å². The second-order valence-corrected chi connectivity index (χ2v) is 7.51. The maximum Gasteiger partial charge on any atom is 0.434 e. The van der Waals surface area contributed by atoms with Gasteiger partial charge in [0, 0.05) is 16.9 Å². The number of carbonyl (C=O) groups is 2. The molecule has 0 aliphatic carbocycles. The predicted octanol–water partition coefficient (Wildman–Crippen LogP) is 4.71. The topological polar surface area (TPSA) is 62.3 Å². The average Bonchev–Trinajstić information content (AvgIpc) is 3.25. The van der Waals surface area contributed by atoms with Gasteiger partial charge in [-0.15, -0.1) is 11.3 Å². The van der Waals surface area contributed by atoms with Crippen LogP contribution < -0.4 is 5.32 Å². The van der Waals surface area contributed by atoms with Gasteiger partial charge in [0.05, 0.1) is 10.6 Å². The van der Waals surface area contributed by atoms with Crippen molar-refractivity contribution < 1.29 is 22.8 Å². The molecule has 0 spiro atoms. The fourth-order valence-electron chi connectivity index (χ4n) is 2.75. The number of hydrogen-bond acceptors (Lipinski definition) is 4. The van der Waals surface area contributed by atoms with Crippen LogP contribution in [0.5, 0.6) is 0 Å². The third-order valence-corrected chi connectivity index (χ3v) is 5.32. The van der Waals surface area contributed by atoms with E-state index in [0.29, 0.717) is 35.7 Å². The van der Waals surface area contributed by atoms with E-state index in [1.807, 2.05) is 0 Å². The second-order valence-electron chi connectivity index (χ2n) is 5.81. The number of thiazole rings is 1. The molecular weight excluding hydrogens is 426 g/mol. The molecule has 2 amide bonds. The first-order valence-corrected chi connectivity index (χ1v) is 9.40. The molecule has 2 aromatic rings. The van der Waals surface area contributed by atoms with Gasteiger partial charge in [0.25, 0.3) is 5.91 Å². The Hall–Kier alpha value is -1.84. The minimum absolute atomic E-state index is 0.164. The maximum absolute atomic E-state index is 12.8. The van der Waals surface area contributed by atoms with Crippen molar-refractivity contribution in [2.45, 2.75) is 25.1 Å². The number of rotatable bonds is 3. The van der Waals surface area contributed by atoms with E-state index >= 15 is 0 Å². The Balaban J connectivity index is 1.75. The third-order valence-electron chi connectivity index (χ3n) is 4.00. The Morgan fingerprint density at radius 1 is 1.30 bits per heavy atom. The summed E-state index contributed by atoms with van der Waals surface area (Å²) in [5.41, 5.74) is -0.912. The standard InChI is InChI=1S/C16H12Cl2F3N3O2S/c17-8-3-4-10(18)9(6-8)14(26)24-5-1-2-11(24)13(25)23-15-22-12(7-27-15)16(19,20)21/h3-4,6-7,11H,1-2,5H2,(H,22,23,25). The van der Waals surface area contributed by atoms with Gasteiger partial charge in [0.1, 0.15) is 6.04 Å². The van der Waals surface area contributed by atoms with Crippen LogP contribution in [0.15, 0.2) is 23.6 Å². The van der Waals surface area contributed by atoms with E-state index in [-0.39, 0.29) is 15.7 Å². The van der Waals surface area contributed by atoms with Crippen LogP contribution in [0.1, 0.15) is 28.9 Å². The molecule has 1 unspecified atom stereocenters. The van der Waals surface area contributed by atoms with Crippen LogP contribution in [0.25, 0.3) is 0 Å². The van der Waals surface area contributed by atoms with Crippen molar-refractivity contribution >= 4 is 51.5 Å². The van der Waals surface area contributed by atoms with Gasteiger partial charge in [0.2, 0.25) is 5.91 Å². The van der Waals surface area contributed by atoms with Gasteiger partial charge in [-0.05, 0) is 31.0 Å². The van der Waals surface area contributed by atoms with Gasteiger partial charge >= 0.3 is 6.18 Å². The molecule has 27 heavy (non-hydrogen) atoms. The number of amides is 2. The molecule has 11 heteroatoms.